The number of aromatic nitrogens is 5. The minimum Gasteiger partial charge on any atom is -0.365 e. The summed E-state index contributed by atoms with van der Waals surface area (Å²) in [7, 11) is 0. The van der Waals surface area contributed by atoms with Crippen LogP contribution in [0, 0.1) is 6.92 Å². The van der Waals surface area contributed by atoms with E-state index in [0.717, 1.165) is 29.7 Å². The number of aryl methyl sites for hydroxylation is 1. The van der Waals surface area contributed by atoms with Gasteiger partial charge in [-0.15, -0.1) is 11.3 Å². The third-order valence-corrected chi connectivity index (χ3v) is 6.20. The maximum Gasteiger partial charge on any atom is 0.333 e. The van der Waals surface area contributed by atoms with Gasteiger partial charge in [-0.1, -0.05) is 0 Å². The molecule has 0 aromatic carbocycles. The van der Waals surface area contributed by atoms with Gasteiger partial charge in [0, 0.05) is 29.4 Å². The number of alkyl halides is 4. The molecule has 0 fully saturated rings. The molecule has 4 aromatic heterocycles. The lowest BCUT2D eigenvalue weighted by atomic mass is 10.0. The van der Waals surface area contributed by atoms with Crippen LogP contribution in [0.15, 0.2) is 24.5 Å². The molecule has 0 atom stereocenters. The van der Waals surface area contributed by atoms with E-state index in [4.69, 9.17) is 5.73 Å². The highest BCUT2D eigenvalue weighted by atomic mass is 32.1. The number of fused-ring (bicyclic) bond motifs is 1. The minimum atomic E-state index is -2.95. The Morgan fingerprint density at radius 3 is 2.53 bits per heavy atom. The topological polar surface area (TPSA) is 121 Å². The number of carbonyl (C=O) groups excluding carboxylic acids is 2. The monoisotopic (exact) mass is 495 g/mol. The van der Waals surface area contributed by atoms with Crippen LogP contribution in [-0.2, 0) is 6.54 Å². The fraction of sp³-hybridized carbons (Fsp3) is 0.250. The summed E-state index contributed by atoms with van der Waals surface area (Å²) in [4.78, 5) is 28.8. The van der Waals surface area contributed by atoms with Crippen LogP contribution in [0.2, 0.25) is 0 Å². The number of anilines is 1. The second-order valence-corrected chi connectivity index (χ2v) is 8.12. The van der Waals surface area contributed by atoms with E-state index < -0.39 is 30.5 Å². The van der Waals surface area contributed by atoms with E-state index in [1.807, 2.05) is 6.92 Å². The first-order valence-electron chi connectivity index (χ1n) is 9.85. The normalized spacial score (nSPS) is 11.6. The van der Waals surface area contributed by atoms with Crippen molar-refractivity contribution < 1.29 is 27.2 Å². The van der Waals surface area contributed by atoms with Crippen LogP contribution in [0.25, 0.3) is 21.3 Å². The zero-order chi connectivity index (χ0) is 24.7. The molecule has 4 rings (SSSR count). The Balaban J connectivity index is 1.94. The molecule has 0 saturated carbocycles. The molecule has 3 N–H and O–H groups in total. The van der Waals surface area contributed by atoms with Gasteiger partial charge in [0.05, 0.1) is 11.9 Å². The standard InChI is InChI=1S/C20H17F4N7O2S/c1-3-30-8(2)10(7-26-30)9-6-12(16(21)22)27-19-13(9)14(15(34-19)17(25)32)28-18(33)11-4-5-31(29-11)20(23)24/h4-7,16,20H,3H2,1-2H3,(H2,25,32)(H,28,33). The molecule has 0 bridgehead atoms. The van der Waals surface area contributed by atoms with Crippen molar-refractivity contribution in [3.05, 3.63) is 46.5 Å². The van der Waals surface area contributed by atoms with E-state index >= 15 is 0 Å². The second-order valence-electron chi connectivity index (χ2n) is 7.12. The Labute approximate surface area is 193 Å². The highest BCUT2D eigenvalue weighted by molar-refractivity contribution is 7.21. The molecule has 4 aromatic rings. The number of hydrogen-bond donors (Lipinski definition) is 2. The van der Waals surface area contributed by atoms with Crippen molar-refractivity contribution >= 4 is 39.1 Å². The SMILES string of the molecule is CCn1ncc(-c2cc(C(F)F)nc3sc(C(N)=O)c(NC(=O)c4ccn(C(F)F)n4)c23)c1C. The van der Waals surface area contributed by atoms with Crippen molar-refractivity contribution in [1.29, 1.82) is 0 Å². The van der Waals surface area contributed by atoms with E-state index in [9.17, 15) is 27.2 Å². The number of pyridine rings is 1. The molecule has 0 unspecified atom stereocenters. The Hall–Kier alpha value is -3.81. The van der Waals surface area contributed by atoms with Gasteiger partial charge >= 0.3 is 6.55 Å². The molecule has 0 aliphatic carbocycles. The van der Waals surface area contributed by atoms with Gasteiger partial charge in [-0.3, -0.25) is 14.3 Å². The van der Waals surface area contributed by atoms with Gasteiger partial charge in [0.15, 0.2) is 5.69 Å². The van der Waals surface area contributed by atoms with Crippen LogP contribution >= 0.6 is 11.3 Å². The average Bonchev–Trinajstić information content (AvgIpc) is 3.50. The van der Waals surface area contributed by atoms with Crippen LogP contribution in [0.4, 0.5) is 23.2 Å². The zero-order valence-corrected chi connectivity index (χ0v) is 18.5. The van der Waals surface area contributed by atoms with Crippen molar-refractivity contribution in [2.45, 2.75) is 33.4 Å². The van der Waals surface area contributed by atoms with Gasteiger partial charge in [-0.2, -0.15) is 19.0 Å². The fourth-order valence-corrected chi connectivity index (χ4v) is 4.52. The summed E-state index contributed by atoms with van der Waals surface area (Å²) >= 11 is 0.732. The van der Waals surface area contributed by atoms with E-state index in [1.165, 1.54) is 6.20 Å². The van der Waals surface area contributed by atoms with Gasteiger partial charge in [0.25, 0.3) is 18.2 Å². The summed E-state index contributed by atoms with van der Waals surface area (Å²) in [6.45, 7) is 1.17. The van der Waals surface area contributed by atoms with Gasteiger partial charge in [-0.05, 0) is 31.5 Å². The van der Waals surface area contributed by atoms with Crippen molar-refractivity contribution in [1.82, 2.24) is 24.5 Å². The third-order valence-electron chi connectivity index (χ3n) is 5.10. The second kappa shape index (κ2) is 8.85. The third kappa shape index (κ3) is 4.00. The number of thiophene rings is 1. The number of amides is 2. The van der Waals surface area contributed by atoms with Gasteiger partial charge in [0.2, 0.25) is 0 Å². The van der Waals surface area contributed by atoms with Crippen LogP contribution in [0.5, 0.6) is 0 Å². The minimum absolute atomic E-state index is 0.0404. The van der Waals surface area contributed by atoms with Crippen LogP contribution in [0.3, 0.4) is 0 Å². The highest BCUT2D eigenvalue weighted by Crippen LogP contribution is 2.43. The van der Waals surface area contributed by atoms with Crippen LogP contribution in [-0.4, -0.2) is 36.4 Å². The van der Waals surface area contributed by atoms with Crippen molar-refractivity contribution in [3.63, 3.8) is 0 Å². The molecule has 34 heavy (non-hydrogen) atoms. The average molecular weight is 495 g/mol. The van der Waals surface area contributed by atoms with Gasteiger partial charge in [-0.25, -0.2) is 18.4 Å². The van der Waals surface area contributed by atoms with Gasteiger partial charge < -0.3 is 11.1 Å². The van der Waals surface area contributed by atoms with Crippen molar-refractivity contribution in [2.24, 2.45) is 5.73 Å². The lowest BCUT2D eigenvalue weighted by molar-refractivity contribution is 0.0561. The first-order chi connectivity index (χ1) is 16.1. The maximum atomic E-state index is 13.6. The molecule has 0 aliphatic rings. The number of nitrogens with two attached hydrogens (primary N) is 1. The zero-order valence-electron chi connectivity index (χ0n) is 17.7. The molecule has 0 saturated heterocycles. The highest BCUT2D eigenvalue weighted by Gasteiger charge is 2.27. The summed E-state index contributed by atoms with van der Waals surface area (Å²) in [6, 6.07) is 2.24. The number of hydrogen-bond acceptors (Lipinski definition) is 6. The van der Waals surface area contributed by atoms with Crippen LogP contribution in [0.1, 0.15) is 51.4 Å². The molecule has 0 radical (unpaired) electrons. The molecule has 178 valence electrons. The molecule has 0 aliphatic heterocycles. The van der Waals surface area contributed by atoms with Gasteiger partial charge in [0.1, 0.15) is 15.4 Å². The van der Waals surface area contributed by atoms with E-state index in [-0.39, 0.29) is 32.0 Å². The first kappa shape index (κ1) is 23.4. The predicted molar refractivity (Wildman–Crippen MR) is 116 cm³/mol. The molecule has 14 heteroatoms. The first-order valence-corrected chi connectivity index (χ1v) is 10.7. The molecule has 2 amide bonds. The fourth-order valence-electron chi connectivity index (χ4n) is 3.51. The number of rotatable bonds is 7. The number of nitrogens with one attached hydrogen (secondary N) is 1. The van der Waals surface area contributed by atoms with E-state index in [1.54, 1.807) is 11.6 Å². The summed E-state index contributed by atoms with van der Waals surface area (Å²) < 4.78 is 54.9. The number of carbonyl (C=O) groups is 2. The summed E-state index contributed by atoms with van der Waals surface area (Å²) in [5.74, 6) is -1.83. The maximum absolute atomic E-state index is 13.6. The molecule has 9 nitrogen and oxygen atoms in total. The van der Waals surface area contributed by atoms with E-state index in [0.29, 0.717) is 22.5 Å². The Morgan fingerprint density at radius 2 is 1.97 bits per heavy atom. The number of nitrogens with zero attached hydrogens (tertiary/aromatic N) is 5. The largest absolute Gasteiger partial charge is 0.365 e. The molecule has 4 heterocycles. The number of primary amides is 1. The summed E-state index contributed by atoms with van der Waals surface area (Å²) in [5, 5.41) is 10.4. The lowest BCUT2D eigenvalue weighted by Gasteiger charge is -2.10. The summed E-state index contributed by atoms with van der Waals surface area (Å²) in [6.07, 6.45) is -0.495. The van der Waals surface area contributed by atoms with Crippen molar-refractivity contribution in [2.75, 3.05) is 5.32 Å². The molecular weight excluding hydrogens is 478 g/mol. The quantitative estimate of drug-likeness (QED) is 0.369. The Bertz CT molecular complexity index is 1410. The lowest BCUT2D eigenvalue weighted by Crippen LogP contribution is -2.17. The Kier molecular flexibility index (Phi) is 6.08. The predicted octanol–water partition coefficient (Wildman–Crippen LogP) is 4.37. The van der Waals surface area contributed by atoms with Crippen LogP contribution < -0.4 is 11.1 Å². The summed E-state index contributed by atoms with van der Waals surface area (Å²) in [5.41, 5.74) is 5.95. The van der Waals surface area contributed by atoms with Crippen molar-refractivity contribution in [3.8, 4) is 11.1 Å². The Morgan fingerprint density at radius 1 is 1.24 bits per heavy atom. The molecular formula is C20H17F4N7O2S. The smallest absolute Gasteiger partial charge is 0.333 e. The molecule has 0 spiro atoms. The van der Waals surface area contributed by atoms with E-state index in [2.05, 4.69) is 20.5 Å². The number of halogens is 4.